The topological polar surface area (TPSA) is 79.3 Å². The number of hydrogen-bond acceptors (Lipinski definition) is 3. The van der Waals surface area contributed by atoms with E-state index in [1.807, 2.05) is 0 Å². The van der Waals surface area contributed by atoms with Gasteiger partial charge < -0.3 is 10.4 Å². The van der Waals surface area contributed by atoms with Crippen molar-refractivity contribution in [1.29, 1.82) is 0 Å². The summed E-state index contributed by atoms with van der Waals surface area (Å²) in [5.41, 5.74) is 0.847. The highest BCUT2D eigenvalue weighted by molar-refractivity contribution is 6.08. The summed E-state index contributed by atoms with van der Waals surface area (Å²) in [5, 5.41) is 11.6. The van der Waals surface area contributed by atoms with Gasteiger partial charge in [-0.2, -0.15) is 4.39 Å². The van der Waals surface area contributed by atoms with Gasteiger partial charge in [0.2, 0.25) is 5.95 Å². The fraction of sp³-hybridized carbons (Fsp3) is 0.0714. The molecule has 0 aliphatic rings. The zero-order chi connectivity index (χ0) is 14.7. The lowest BCUT2D eigenvalue weighted by atomic mass is 10.1. The quantitative estimate of drug-likeness (QED) is 0.843. The molecule has 0 saturated heterocycles. The van der Waals surface area contributed by atoms with Crippen molar-refractivity contribution in [3.63, 3.8) is 0 Å². The zero-order valence-electron chi connectivity index (χ0n) is 10.6. The maximum absolute atomic E-state index is 13.0. The largest absolute Gasteiger partial charge is 0.478 e. The second-order valence-corrected chi connectivity index (χ2v) is 4.12. The van der Waals surface area contributed by atoms with Gasteiger partial charge in [0.05, 0.1) is 11.3 Å². The molecule has 0 unspecified atom stereocenters. The number of anilines is 1. The second-order valence-electron chi connectivity index (χ2n) is 4.12. The Bertz CT molecular complexity index is 686. The molecule has 0 radical (unpaired) electrons. The summed E-state index contributed by atoms with van der Waals surface area (Å²) in [6, 6.07) is 6.97. The number of aryl methyl sites for hydroxylation is 1. The molecule has 1 aromatic carbocycles. The van der Waals surface area contributed by atoms with Gasteiger partial charge in [0.25, 0.3) is 5.91 Å². The standard InChI is InChI=1S/C14H11FN2O3/c1-8-3-2-4-10(14(19)20)12(8)17-13(18)9-5-6-16-11(15)7-9/h2-7H,1H3,(H,17,18)(H,19,20). The van der Waals surface area contributed by atoms with Gasteiger partial charge in [0, 0.05) is 17.8 Å². The number of carboxylic acids is 1. The average Bonchev–Trinajstić information content (AvgIpc) is 2.40. The highest BCUT2D eigenvalue weighted by Crippen LogP contribution is 2.21. The number of hydrogen-bond donors (Lipinski definition) is 2. The number of pyridine rings is 1. The van der Waals surface area contributed by atoms with Gasteiger partial charge in [-0.05, 0) is 24.6 Å². The number of benzene rings is 1. The summed E-state index contributed by atoms with van der Waals surface area (Å²) in [6.45, 7) is 1.68. The fourth-order valence-electron chi connectivity index (χ4n) is 1.74. The van der Waals surface area contributed by atoms with Crippen molar-refractivity contribution >= 4 is 17.6 Å². The summed E-state index contributed by atoms with van der Waals surface area (Å²) in [7, 11) is 0. The molecule has 0 fully saturated rings. The van der Waals surface area contributed by atoms with Crippen LogP contribution in [-0.4, -0.2) is 22.0 Å². The Balaban J connectivity index is 2.35. The first-order valence-corrected chi connectivity index (χ1v) is 5.75. The van der Waals surface area contributed by atoms with Gasteiger partial charge in [-0.1, -0.05) is 12.1 Å². The Kier molecular flexibility index (Phi) is 3.74. The van der Waals surface area contributed by atoms with E-state index in [9.17, 15) is 14.0 Å². The molecule has 0 atom stereocenters. The van der Waals surface area contributed by atoms with Crippen LogP contribution in [-0.2, 0) is 0 Å². The van der Waals surface area contributed by atoms with Crippen molar-refractivity contribution in [2.75, 3.05) is 5.32 Å². The summed E-state index contributed by atoms with van der Waals surface area (Å²) in [4.78, 5) is 26.5. The average molecular weight is 274 g/mol. The van der Waals surface area contributed by atoms with Crippen LogP contribution in [0, 0.1) is 12.9 Å². The highest BCUT2D eigenvalue weighted by atomic mass is 19.1. The first kappa shape index (κ1) is 13.7. The molecular weight excluding hydrogens is 263 g/mol. The Hall–Kier alpha value is -2.76. The highest BCUT2D eigenvalue weighted by Gasteiger charge is 2.15. The van der Waals surface area contributed by atoms with Crippen LogP contribution >= 0.6 is 0 Å². The number of carboxylic acid groups (broad SMARTS) is 1. The van der Waals surface area contributed by atoms with Gasteiger partial charge in [-0.3, -0.25) is 4.79 Å². The van der Waals surface area contributed by atoms with Crippen LogP contribution in [0.1, 0.15) is 26.3 Å². The van der Waals surface area contributed by atoms with Crippen LogP contribution in [0.4, 0.5) is 10.1 Å². The molecule has 20 heavy (non-hydrogen) atoms. The van der Waals surface area contributed by atoms with Crippen LogP contribution in [0.5, 0.6) is 0 Å². The smallest absolute Gasteiger partial charge is 0.337 e. The summed E-state index contributed by atoms with van der Waals surface area (Å²) < 4.78 is 13.0. The third kappa shape index (κ3) is 2.80. The molecule has 0 saturated carbocycles. The lowest BCUT2D eigenvalue weighted by Gasteiger charge is -2.11. The van der Waals surface area contributed by atoms with Crippen molar-refractivity contribution in [3.05, 3.63) is 59.2 Å². The molecule has 1 aromatic heterocycles. The van der Waals surface area contributed by atoms with Crippen molar-refractivity contribution in [2.45, 2.75) is 6.92 Å². The second kappa shape index (κ2) is 5.48. The number of nitrogens with zero attached hydrogens (tertiary/aromatic N) is 1. The normalized spacial score (nSPS) is 10.1. The number of amides is 1. The van der Waals surface area contributed by atoms with Crippen LogP contribution in [0.15, 0.2) is 36.5 Å². The third-order valence-corrected chi connectivity index (χ3v) is 2.73. The maximum Gasteiger partial charge on any atom is 0.337 e. The Morgan fingerprint density at radius 2 is 2.05 bits per heavy atom. The lowest BCUT2D eigenvalue weighted by molar-refractivity contribution is 0.0698. The Morgan fingerprint density at radius 3 is 2.70 bits per heavy atom. The van der Waals surface area contributed by atoms with E-state index >= 15 is 0 Å². The van der Waals surface area contributed by atoms with Gasteiger partial charge >= 0.3 is 5.97 Å². The maximum atomic E-state index is 13.0. The zero-order valence-corrected chi connectivity index (χ0v) is 10.6. The molecule has 0 aliphatic carbocycles. The minimum Gasteiger partial charge on any atom is -0.478 e. The van der Waals surface area contributed by atoms with E-state index in [2.05, 4.69) is 10.3 Å². The van der Waals surface area contributed by atoms with Gasteiger partial charge in [0.15, 0.2) is 0 Å². The molecule has 102 valence electrons. The van der Waals surface area contributed by atoms with Gasteiger partial charge in [-0.25, -0.2) is 9.78 Å². The van der Waals surface area contributed by atoms with Crippen molar-refractivity contribution in [1.82, 2.24) is 4.98 Å². The minimum absolute atomic E-state index is 0.0205. The van der Waals surface area contributed by atoms with Crippen LogP contribution in [0.25, 0.3) is 0 Å². The molecule has 0 bridgehead atoms. The van der Waals surface area contributed by atoms with Gasteiger partial charge in [0.1, 0.15) is 0 Å². The molecule has 0 aliphatic heterocycles. The molecule has 6 heteroatoms. The van der Waals surface area contributed by atoms with Crippen LogP contribution < -0.4 is 5.32 Å². The molecule has 2 aromatic rings. The number of carbonyl (C=O) groups excluding carboxylic acids is 1. The van der Waals surface area contributed by atoms with E-state index in [0.717, 1.165) is 6.07 Å². The molecule has 1 heterocycles. The van der Waals surface area contributed by atoms with Crippen LogP contribution in [0.3, 0.4) is 0 Å². The number of carbonyl (C=O) groups is 2. The molecule has 2 N–H and O–H groups in total. The predicted octanol–water partition coefficient (Wildman–Crippen LogP) is 2.48. The molecule has 1 amide bonds. The SMILES string of the molecule is Cc1cccc(C(=O)O)c1NC(=O)c1ccnc(F)c1. The summed E-state index contributed by atoms with van der Waals surface area (Å²) in [6.07, 6.45) is 1.17. The molecule has 5 nitrogen and oxygen atoms in total. The van der Waals surface area contributed by atoms with Gasteiger partial charge in [-0.15, -0.1) is 0 Å². The molecule has 0 spiro atoms. The first-order valence-electron chi connectivity index (χ1n) is 5.75. The molecular formula is C14H11FN2O3. The Morgan fingerprint density at radius 1 is 1.30 bits per heavy atom. The Labute approximate surface area is 114 Å². The lowest BCUT2D eigenvalue weighted by Crippen LogP contribution is -2.16. The first-order chi connectivity index (χ1) is 9.49. The number of rotatable bonds is 3. The van der Waals surface area contributed by atoms with E-state index in [1.54, 1.807) is 19.1 Å². The number of para-hydroxylation sites is 1. The van der Waals surface area contributed by atoms with Crippen molar-refractivity contribution < 1.29 is 19.1 Å². The minimum atomic E-state index is -1.15. The summed E-state index contributed by atoms with van der Waals surface area (Å²) >= 11 is 0. The van der Waals surface area contributed by atoms with E-state index < -0.39 is 17.8 Å². The third-order valence-electron chi connectivity index (χ3n) is 2.73. The van der Waals surface area contributed by atoms with E-state index in [0.29, 0.717) is 5.56 Å². The van der Waals surface area contributed by atoms with Crippen molar-refractivity contribution in [3.8, 4) is 0 Å². The predicted molar refractivity (Wildman–Crippen MR) is 70.3 cm³/mol. The fourth-order valence-corrected chi connectivity index (χ4v) is 1.74. The number of halogens is 1. The van der Waals surface area contributed by atoms with Crippen LogP contribution in [0.2, 0.25) is 0 Å². The number of aromatic carboxylic acids is 1. The number of nitrogens with one attached hydrogen (secondary N) is 1. The van der Waals surface area contributed by atoms with E-state index in [4.69, 9.17) is 5.11 Å². The number of aromatic nitrogens is 1. The molecule has 2 rings (SSSR count). The van der Waals surface area contributed by atoms with E-state index in [-0.39, 0.29) is 16.8 Å². The van der Waals surface area contributed by atoms with E-state index in [1.165, 1.54) is 18.3 Å². The monoisotopic (exact) mass is 274 g/mol. The van der Waals surface area contributed by atoms with Crippen molar-refractivity contribution in [2.24, 2.45) is 0 Å². The summed E-state index contributed by atoms with van der Waals surface area (Å²) in [5.74, 6) is -2.52.